The molecule has 0 heterocycles. The van der Waals surface area contributed by atoms with Gasteiger partial charge >= 0.3 is 6.09 Å². The normalized spacial score (nSPS) is 8.78. The van der Waals surface area contributed by atoms with Crippen LogP contribution in [0.5, 0.6) is 0 Å². The third kappa shape index (κ3) is 2.29. The van der Waals surface area contributed by atoms with E-state index in [1.54, 1.807) is 12.5 Å². The maximum atomic E-state index is 10.5. The van der Waals surface area contributed by atoms with Gasteiger partial charge in [-0.2, -0.15) is 0 Å². The van der Waals surface area contributed by atoms with Gasteiger partial charge in [0.2, 0.25) is 0 Å². The fourth-order valence-corrected chi connectivity index (χ4v) is 0.351. The number of carbonyl (C=O) groups excluding carboxylic acids is 1. The van der Waals surface area contributed by atoms with Crippen molar-refractivity contribution >= 4 is 6.09 Å². The van der Waals surface area contributed by atoms with Gasteiger partial charge in [0.05, 0.1) is 7.11 Å². The first kappa shape index (κ1) is 8.19. The molecule has 2 N–H and O–H groups in total. The van der Waals surface area contributed by atoms with Crippen LogP contribution in [0.3, 0.4) is 0 Å². The number of amides is 1. The molecule has 0 aliphatic heterocycles. The van der Waals surface area contributed by atoms with Crippen LogP contribution in [0.25, 0.3) is 0 Å². The monoisotopic (exact) mass is 134 g/mol. The summed E-state index contributed by atoms with van der Waals surface area (Å²) in [6, 6.07) is 0. The van der Waals surface area contributed by atoms with Gasteiger partial charge in [-0.15, -0.1) is 5.59 Å². The molecule has 0 aliphatic rings. The lowest BCUT2D eigenvalue weighted by molar-refractivity contribution is -0.0103. The Balaban J connectivity index is 3.64. The summed E-state index contributed by atoms with van der Waals surface area (Å²) >= 11 is 0. The van der Waals surface area contributed by atoms with Gasteiger partial charge in [0.15, 0.2) is 0 Å². The highest BCUT2D eigenvalue weighted by Crippen LogP contribution is 1.84. The first-order chi connectivity index (χ1) is 4.26. The van der Waals surface area contributed by atoms with E-state index in [1.807, 2.05) is 0 Å². The molecule has 0 spiro atoms. The average molecular weight is 134 g/mol. The lowest BCUT2D eigenvalue weighted by Crippen LogP contribution is -2.40. The lowest BCUT2D eigenvalue weighted by atomic mass is 10.7. The number of ether oxygens (including phenoxy) is 1. The van der Waals surface area contributed by atoms with Crippen LogP contribution >= 0.6 is 0 Å². The van der Waals surface area contributed by atoms with E-state index >= 15 is 0 Å². The minimum absolute atomic E-state index is 0.350. The van der Waals surface area contributed by atoms with Crippen molar-refractivity contribution in [3.63, 3.8) is 0 Å². The van der Waals surface area contributed by atoms with E-state index in [4.69, 9.17) is 5.21 Å². The van der Waals surface area contributed by atoms with E-state index in [1.165, 1.54) is 7.11 Å². The van der Waals surface area contributed by atoms with Crippen molar-refractivity contribution in [2.75, 3.05) is 13.7 Å². The molecule has 0 radical (unpaired) electrons. The number of methoxy groups -OCH3 is 1. The standard InChI is InChI=1S/C4H10N2O3/c1-3-6(5-8)4(7)9-2/h5,8H,3H2,1-2H3. The van der Waals surface area contributed by atoms with Crippen LogP contribution < -0.4 is 5.59 Å². The minimum Gasteiger partial charge on any atom is -0.452 e. The molecule has 0 bridgehead atoms. The van der Waals surface area contributed by atoms with E-state index in [9.17, 15) is 4.79 Å². The van der Waals surface area contributed by atoms with E-state index in [0.717, 1.165) is 5.01 Å². The van der Waals surface area contributed by atoms with Crippen LogP contribution in [0.2, 0.25) is 0 Å². The average Bonchev–Trinajstić information content (AvgIpc) is 1.90. The summed E-state index contributed by atoms with van der Waals surface area (Å²) < 4.78 is 4.26. The molecule has 0 atom stereocenters. The molecule has 0 saturated carbocycles. The first-order valence-electron chi connectivity index (χ1n) is 2.51. The highest BCUT2D eigenvalue weighted by Gasteiger charge is 2.07. The molecular weight excluding hydrogens is 124 g/mol. The number of rotatable bonds is 2. The summed E-state index contributed by atoms with van der Waals surface area (Å²) in [5.41, 5.74) is 1.66. The fourth-order valence-electron chi connectivity index (χ4n) is 0.351. The van der Waals surface area contributed by atoms with Crippen LogP contribution in [-0.2, 0) is 4.74 Å². The molecule has 0 saturated heterocycles. The Morgan fingerprint density at radius 3 is 2.56 bits per heavy atom. The van der Waals surface area contributed by atoms with Gasteiger partial charge < -0.3 is 4.74 Å². The van der Waals surface area contributed by atoms with Gasteiger partial charge in [0, 0.05) is 6.54 Å². The molecule has 0 aliphatic carbocycles. The Labute approximate surface area is 53.1 Å². The number of hydrogen-bond donors (Lipinski definition) is 2. The van der Waals surface area contributed by atoms with Crippen molar-refractivity contribution in [1.29, 1.82) is 0 Å². The Bertz CT molecular complexity index is 91.8. The molecule has 5 nitrogen and oxygen atoms in total. The van der Waals surface area contributed by atoms with Crippen molar-refractivity contribution in [2.24, 2.45) is 0 Å². The number of hydrazine groups is 1. The maximum Gasteiger partial charge on any atom is 0.425 e. The highest BCUT2D eigenvalue weighted by molar-refractivity contribution is 5.66. The Kier molecular flexibility index (Phi) is 3.74. The molecular formula is C4H10N2O3. The third-order valence-corrected chi connectivity index (χ3v) is 0.832. The van der Waals surface area contributed by atoms with Gasteiger partial charge in [0.1, 0.15) is 0 Å². The molecule has 0 rings (SSSR count). The predicted molar refractivity (Wildman–Crippen MR) is 29.7 cm³/mol. The van der Waals surface area contributed by atoms with Crippen molar-refractivity contribution < 1.29 is 14.7 Å². The number of nitrogens with one attached hydrogen (secondary N) is 1. The quantitative estimate of drug-likeness (QED) is 0.520. The summed E-state index contributed by atoms with van der Waals surface area (Å²) in [5.74, 6) is 0. The SMILES string of the molecule is CCN(NO)C(=O)OC. The number of nitrogens with zero attached hydrogens (tertiary/aromatic N) is 1. The van der Waals surface area contributed by atoms with Crippen LogP contribution in [0, 0.1) is 0 Å². The molecule has 0 unspecified atom stereocenters. The van der Waals surface area contributed by atoms with Gasteiger partial charge in [0.25, 0.3) is 0 Å². The Hall–Kier alpha value is -0.810. The second-order valence-corrected chi connectivity index (χ2v) is 1.31. The fraction of sp³-hybridized carbons (Fsp3) is 0.750. The largest absolute Gasteiger partial charge is 0.452 e. The van der Waals surface area contributed by atoms with E-state index < -0.39 is 6.09 Å². The molecule has 1 amide bonds. The van der Waals surface area contributed by atoms with Gasteiger partial charge in [-0.3, -0.25) is 5.21 Å². The lowest BCUT2D eigenvalue weighted by Gasteiger charge is -2.14. The summed E-state index contributed by atoms with van der Waals surface area (Å²) in [5, 5.41) is 9.12. The maximum absolute atomic E-state index is 10.5. The van der Waals surface area contributed by atoms with Crippen LogP contribution in [0.1, 0.15) is 6.92 Å². The number of carbonyl (C=O) groups is 1. The van der Waals surface area contributed by atoms with Gasteiger partial charge in [-0.25, -0.2) is 9.80 Å². The molecule has 0 fully saturated rings. The van der Waals surface area contributed by atoms with E-state index in [0.29, 0.717) is 6.54 Å². The smallest absolute Gasteiger partial charge is 0.425 e. The zero-order chi connectivity index (χ0) is 7.28. The van der Waals surface area contributed by atoms with Crippen LogP contribution in [0.4, 0.5) is 4.79 Å². The third-order valence-electron chi connectivity index (χ3n) is 0.832. The second-order valence-electron chi connectivity index (χ2n) is 1.31. The molecule has 5 heteroatoms. The van der Waals surface area contributed by atoms with Crippen molar-refractivity contribution in [3.8, 4) is 0 Å². The first-order valence-corrected chi connectivity index (χ1v) is 2.51. The zero-order valence-electron chi connectivity index (χ0n) is 5.42. The highest BCUT2D eigenvalue weighted by atomic mass is 16.6. The van der Waals surface area contributed by atoms with Crippen molar-refractivity contribution in [3.05, 3.63) is 0 Å². The summed E-state index contributed by atoms with van der Waals surface area (Å²) in [6.07, 6.45) is -0.611. The van der Waals surface area contributed by atoms with Crippen molar-refractivity contribution in [1.82, 2.24) is 10.6 Å². The Morgan fingerprint density at radius 2 is 2.44 bits per heavy atom. The molecule has 54 valence electrons. The molecule has 0 aromatic heterocycles. The predicted octanol–water partition coefficient (Wildman–Crippen LogP) is -0.0315. The summed E-state index contributed by atoms with van der Waals surface area (Å²) in [6.45, 7) is 2.04. The van der Waals surface area contributed by atoms with E-state index in [-0.39, 0.29) is 0 Å². The molecule has 0 aromatic rings. The van der Waals surface area contributed by atoms with Crippen LogP contribution in [-0.4, -0.2) is 30.0 Å². The summed E-state index contributed by atoms with van der Waals surface area (Å²) in [4.78, 5) is 10.5. The van der Waals surface area contributed by atoms with Crippen LogP contribution in [0.15, 0.2) is 0 Å². The zero-order valence-corrected chi connectivity index (χ0v) is 5.42. The molecule has 0 aromatic carbocycles. The minimum atomic E-state index is -0.611. The van der Waals surface area contributed by atoms with Gasteiger partial charge in [-0.1, -0.05) is 0 Å². The van der Waals surface area contributed by atoms with Crippen molar-refractivity contribution in [2.45, 2.75) is 6.92 Å². The summed E-state index contributed by atoms with van der Waals surface area (Å²) in [7, 11) is 1.24. The topological polar surface area (TPSA) is 61.8 Å². The number of hydrogen-bond acceptors (Lipinski definition) is 4. The Morgan fingerprint density at radius 1 is 1.89 bits per heavy atom. The van der Waals surface area contributed by atoms with Gasteiger partial charge in [-0.05, 0) is 6.92 Å². The van der Waals surface area contributed by atoms with E-state index in [2.05, 4.69) is 4.74 Å². The molecule has 9 heavy (non-hydrogen) atoms. The second kappa shape index (κ2) is 4.11.